The molecule has 0 aliphatic carbocycles. The number of hydrogen-bond donors (Lipinski definition) is 2. The van der Waals surface area contributed by atoms with Gasteiger partial charge in [0.05, 0.1) is 18.1 Å². The van der Waals surface area contributed by atoms with Crippen LogP contribution >= 0.6 is 0 Å². The summed E-state index contributed by atoms with van der Waals surface area (Å²) in [5.74, 6) is -0.993. The molecule has 1 rings (SSSR count). The van der Waals surface area contributed by atoms with E-state index in [0.29, 0.717) is 0 Å². The Bertz CT molecular complexity index is 439. The Balaban J connectivity index is 3.34. The molecule has 8 heteroatoms. The van der Waals surface area contributed by atoms with Gasteiger partial charge in [0.1, 0.15) is 0 Å². The number of hydrogen-bond acceptors (Lipinski definition) is 5. The molecular formula is C9H10F2N2O4. The van der Waals surface area contributed by atoms with Gasteiger partial charge in [0.2, 0.25) is 5.75 Å². The fourth-order valence-electron chi connectivity index (χ4n) is 1.25. The number of phenolic OH excluding ortho intramolecular Hbond substituents is 1. The van der Waals surface area contributed by atoms with E-state index in [4.69, 9.17) is 5.73 Å². The molecule has 1 aromatic carbocycles. The number of halogens is 2. The second-order valence-electron chi connectivity index (χ2n) is 3.21. The molecule has 0 radical (unpaired) electrons. The molecule has 3 N–H and O–H groups in total. The molecule has 0 bridgehead atoms. The number of nitrogens with zero attached hydrogens (tertiary/aromatic N) is 1. The number of nitro groups is 1. The van der Waals surface area contributed by atoms with Crippen LogP contribution in [0.25, 0.3) is 0 Å². The highest BCUT2D eigenvalue weighted by molar-refractivity contribution is 5.57. The van der Waals surface area contributed by atoms with Crippen molar-refractivity contribution >= 4 is 5.69 Å². The summed E-state index contributed by atoms with van der Waals surface area (Å²) in [7, 11) is 1.15. The zero-order chi connectivity index (χ0) is 13.2. The van der Waals surface area contributed by atoms with E-state index in [0.717, 1.165) is 19.2 Å². The van der Waals surface area contributed by atoms with Crippen LogP contribution in [-0.4, -0.2) is 23.6 Å². The van der Waals surface area contributed by atoms with Gasteiger partial charge in [0.25, 0.3) is 6.43 Å². The van der Waals surface area contributed by atoms with Crippen molar-refractivity contribution in [2.75, 3.05) is 7.11 Å². The molecule has 0 fully saturated rings. The molecule has 0 heterocycles. The molecule has 0 saturated carbocycles. The maximum atomic E-state index is 12.4. The Morgan fingerprint density at radius 1 is 1.53 bits per heavy atom. The van der Waals surface area contributed by atoms with Crippen LogP contribution in [0, 0.1) is 10.1 Å². The van der Waals surface area contributed by atoms with E-state index < -0.39 is 28.8 Å². The number of phenols is 1. The average molecular weight is 248 g/mol. The molecular weight excluding hydrogens is 238 g/mol. The van der Waals surface area contributed by atoms with Gasteiger partial charge in [-0.25, -0.2) is 8.78 Å². The molecule has 6 nitrogen and oxygen atoms in total. The highest BCUT2D eigenvalue weighted by Crippen LogP contribution is 2.38. The van der Waals surface area contributed by atoms with Gasteiger partial charge in [0, 0.05) is 6.07 Å². The fraction of sp³-hybridized carbons (Fsp3) is 0.333. The lowest BCUT2D eigenvalue weighted by Crippen LogP contribution is -2.19. The summed E-state index contributed by atoms with van der Waals surface area (Å²) < 4.78 is 29.4. The van der Waals surface area contributed by atoms with Crippen molar-refractivity contribution in [2.45, 2.75) is 12.5 Å². The predicted molar refractivity (Wildman–Crippen MR) is 54.2 cm³/mol. The first-order valence-corrected chi connectivity index (χ1v) is 4.47. The van der Waals surface area contributed by atoms with Crippen LogP contribution in [0.5, 0.6) is 11.5 Å². The maximum Gasteiger partial charge on any atom is 0.314 e. The summed E-state index contributed by atoms with van der Waals surface area (Å²) in [6.07, 6.45) is -2.87. The van der Waals surface area contributed by atoms with Crippen LogP contribution in [0.15, 0.2) is 12.1 Å². The summed E-state index contributed by atoms with van der Waals surface area (Å²) >= 11 is 0. The summed E-state index contributed by atoms with van der Waals surface area (Å²) in [5.41, 5.74) is 4.26. The lowest BCUT2D eigenvalue weighted by atomic mass is 10.1. The number of aromatic hydroxyl groups is 1. The lowest BCUT2D eigenvalue weighted by molar-refractivity contribution is -0.386. The highest BCUT2D eigenvalue weighted by atomic mass is 19.3. The Labute approximate surface area is 94.8 Å². The zero-order valence-corrected chi connectivity index (χ0v) is 8.76. The van der Waals surface area contributed by atoms with Crippen molar-refractivity contribution in [3.8, 4) is 11.5 Å². The molecule has 0 aromatic heterocycles. The van der Waals surface area contributed by atoms with Crippen molar-refractivity contribution in [3.63, 3.8) is 0 Å². The topological polar surface area (TPSA) is 98.6 Å². The van der Waals surface area contributed by atoms with Gasteiger partial charge in [-0.15, -0.1) is 0 Å². The second kappa shape index (κ2) is 4.91. The van der Waals surface area contributed by atoms with Crippen molar-refractivity contribution in [1.29, 1.82) is 0 Å². The van der Waals surface area contributed by atoms with Gasteiger partial charge in [-0.2, -0.15) is 0 Å². The third-order valence-corrected chi connectivity index (χ3v) is 2.15. The van der Waals surface area contributed by atoms with Crippen molar-refractivity contribution in [1.82, 2.24) is 0 Å². The number of rotatable bonds is 4. The minimum absolute atomic E-state index is 0.179. The molecule has 1 aromatic rings. The van der Waals surface area contributed by atoms with Gasteiger partial charge in [-0.3, -0.25) is 10.1 Å². The number of alkyl halides is 2. The first kappa shape index (κ1) is 13.1. The maximum absolute atomic E-state index is 12.4. The van der Waals surface area contributed by atoms with Gasteiger partial charge in [-0.05, 0) is 11.6 Å². The number of benzene rings is 1. The highest BCUT2D eigenvalue weighted by Gasteiger charge is 2.25. The van der Waals surface area contributed by atoms with Gasteiger partial charge in [-0.1, -0.05) is 0 Å². The van der Waals surface area contributed by atoms with Crippen LogP contribution < -0.4 is 10.5 Å². The van der Waals surface area contributed by atoms with Crippen LogP contribution in [-0.2, 0) is 0 Å². The van der Waals surface area contributed by atoms with Gasteiger partial charge < -0.3 is 15.6 Å². The van der Waals surface area contributed by atoms with Crippen molar-refractivity contribution in [3.05, 3.63) is 27.8 Å². The first-order chi connectivity index (χ1) is 7.88. The third-order valence-electron chi connectivity index (χ3n) is 2.15. The number of methoxy groups -OCH3 is 1. The van der Waals surface area contributed by atoms with Crippen LogP contribution in [0.4, 0.5) is 14.5 Å². The number of nitrogens with two attached hydrogens (primary N) is 1. The second-order valence-corrected chi connectivity index (χ2v) is 3.21. The molecule has 0 saturated heterocycles. The van der Waals surface area contributed by atoms with E-state index in [2.05, 4.69) is 4.74 Å². The Morgan fingerprint density at radius 2 is 2.12 bits per heavy atom. The molecule has 0 aliphatic heterocycles. The molecule has 1 atom stereocenters. The molecule has 0 amide bonds. The van der Waals surface area contributed by atoms with Crippen LogP contribution in [0.2, 0.25) is 0 Å². The normalized spacial score (nSPS) is 12.5. The van der Waals surface area contributed by atoms with Crippen molar-refractivity contribution in [2.24, 2.45) is 5.73 Å². The number of ether oxygens (including phenoxy) is 1. The Hall–Kier alpha value is -1.96. The van der Waals surface area contributed by atoms with E-state index in [1.807, 2.05) is 0 Å². The molecule has 0 spiro atoms. The summed E-state index contributed by atoms with van der Waals surface area (Å²) in [5, 5.41) is 20.0. The SMILES string of the molecule is COc1cc([C@H](N)C(F)F)cc([N+](=O)[O-])c1O. The Kier molecular flexibility index (Phi) is 3.79. The minimum Gasteiger partial charge on any atom is -0.500 e. The van der Waals surface area contributed by atoms with E-state index >= 15 is 0 Å². The smallest absolute Gasteiger partial charge is 0.314 e. The van der Waals surface area contributed by atoms with E-state index in [1.54, 1.807) is 0 Å². The molecule has 0 unspecified atom stereocenters. The Morgan fingerprint density at radius 3 is 2.53 bits per heavy atom. The molecule has 17 heavy (non-hydrogen) atoms. The van der Waals surface area contributed by atoms with Gasteiger partial charge in [0.15, 0.2) is 5.75 Å². The third kappa shape index (κ3) is 2.59. The average Bonchev–Trinajstić information content (AvgIpc) is 2.27. The van der Waals surface area contributed by atoms with E-state index in [-0.39, 0.29) is 11.3 Å². The fourth-order valence-corrected chi connectivity index (χ4v) is 1.25. The quantitative estimate of drug-likeness (QED) is 0.622. The van der Waals surface area contributed by atoms with E-state index in [9.17, 15) is 24.0 Å². The predicted octanol–water partition coefficient (Wildman–Crippen LogP) is 1.57. The largest absolute Gasteiger partial charge is 0.500 e. The number of nitro benzene ring substituents is 1. The first-order valence-electron chi connectivity index (χ1n) is 4.47. The summed E-state index contributed by atoms with van der Waals surface area (Å²) in [4.78, 5) is 9.69. The van der Waals surface area contributed by atoms with Crippen LogP contribution in [0.3, 0.4) is 0 Å². The molecule has 94 valence electrons. The monoisotopic (exact) mass is 248 g/mol. The zero-order valence-electron chi connectivity index (χ0n) is 8.76. The standard InChI is InChI=1S/C9H10F2N2O4/c1-17-6-3-4(7(12)9(10)11)2-5(8(6)14)13(15)16/h2-3,7,9,14H,12H2,1H3/t7-/m0/s1. The summed E-state index contributed by atoms with van der Waals surface area (Å²) in [6, 6.07) is 0.164. The lowest BCUT2D eigenvalue weighted by Gasteiger charge is -2.12. The summed E-state index contributed by atoms with van der Waals surface area (Å²) in [6.45, 7) is 0. The van der Waals surface area contributed by atoms with E-state index in [1.165, 1.54) is 0 Å². The van der Waals surface area contributed by atoms with Crippen LogP contribution in [0.1, 0.15) is 11.6 Å². The molecule has 0 aliphatic rings. The minimum atomic E-state index is -2.87. The van der Waals surface area contributed by atoms with Crippen molar-refractivity contribution < 1.29 is 23.5 Å². The van der Waals surface area contributed by atoms with Gasteiger partial charge >= 0.3 is 5.69 Å².